The number of aliphatic hydroxyl groups excluding tert-OH is 4. The van der Waals surface area contributed by atoms with Gasteiger partial charge in [-0.2, -0.15) is 0 Å². The van der Waals surface area contributed by atoms with E-state index in [2.05, 4.69) is 43.5 Å². The lowest BCUT2D eigenvalue weighted by Gasteiger charge is -2.27. The summed E-state index contributed by atoms with van der Waals surface area (Å²) >= 11 is 0. The molecule has 6 heteroatoms. The van der Waals surface area contributed by atoms with Crippen molar-refractivity contribution in [2.75, 3.05) is 6.61 Å². The number of carbonyl (C=O) groups is 1. The first-order valence-corrected chi connectivity index (χ1v) is 21.7. The molecule has 6 nitrogen and oxygen atoms in total. The Bertz CT molecular complexity index is 757. The van der Waals surface area contributed by atoms with Crippen LogP contribution >= 0.6 is 0 Å². The van der Waals surface area contributed by atoms with Crippen molar-refractivity contribution in [2.24, 2.45) is 0 Å². The molecule has 0 saturated carbocycles. The van der Waals surface area contributed by atoms with Gasteiger partial charge in [0.1, 0.15) is 12.2 Å². The molecule has 0 bridgehead atoms. The first-order chi connectivity index (χ1) is 24.5. The number of nitrogens with one attached hydrogen (secondary N) is 1. The zero-order chi connectivity index (χ0) is 36.8. The maximum atomic E-state index is 12.5. The average molecular weight is 708 g/mol. The van der Waals surface area contributed by atoms with Crippen LogP contribution in [-0.4, -0.2) is 57.3 Å². The molecule has 0 saturated heterocycles. The molecule has 0 heterocycles. The van der Waals surface area contributed by atoms with Crippen LogP contribution in [-0.2, 0) is 4.79 Å². The van der Waals surface area contributed by atoms with Crippen molar-refractivity contribution in [3.8, 4) is 0 Å². The normalized spacial score (nSPS) is 14.4. The Morgan fingerprint density at radius 3 is 1.26 bits per heavy atom. The van der Waals surface area contributed by atoms with Crippen LogP contribution in [0.2, 0.25) is 0 Å². The molecule has 296 valence electrons. The van der Waals surface area contributed by atoms with E-state index in [1.54, 1.807) is 0 Å². The van der Waals surface area contributed by atoms with Crippen molar-refractivity contribution in [2.45, 2.75) is 244 Å². The van der Waals surface area contributed by atoms with Crippen molar-refractivity contribution >= 4 is 5.91 Å². The SMILES string of the molecule is CCCCCCCCCCCCCC/C=C/CC/C=C/CCCC(O)C(O)C(CO)NC(=O)C(O)CCCCCCCCCCCCCCC. The number of hydrogen-bond acceptors (Lipinski definition) is 5. The summed E-state index contributed by atoms with van der Waals surface area (Å²) in [5.74, 6) is -0.597. The lowest BCUT2D eigenvalue weighted by atomic mass is 10.00. The summed E-state index contributed by atoms with van der Waals surface area (Å²) in [5.41, 5.74) is 0. The smallest absolute Gasteiger partial charge is 0.249 e. The summed E-state index contributed by atoms with van der Waals surface area (Å²) in [6.07, 6.45) is 43.5. The number of unbranched alkanes of at least 4 members (excludes halogenated alkanes) is 26. The van der Waals surface area contributed by atoms with Gasteiger partial charge in [-0.1, -0.05) is 192 Å². The molecule has 0 aromatic carbocycles. The van der Waals surface area contributed by atoms with Gasteiger partial charge in [0.2, 0.25) is 5.91 Å². The summed E-state index contributed by atoms with van der Waals surface area (Å²) in [4.78, 5) is 12.5. The van der Waals surface area contributed by atoms with Crippen molar-refractivity contribution in [1.82, 2.24) is 5.32 Å². The number of hydrogen-bond donors (Lipinski definition) is 5. The number of carbonyl (C=O) groups excluding carboxylic acids is 1. The molecule has 50 heavy (non-hydrogen) atoms. The van der Waals surface area contributed by atoms with Crippen LogP contribution in [0.25, 0.3) is 0 Å². The molecular formula is C44H85NO5. The third-order valence-electron chi connectivity index (χ3n) is 10.1. The molecular weight excluding hydrogens is 622 g/mol. The van der Waals surface area contributed by atoms with Gasteiger partial charge in [-0.15, -0.1) is 0 Å². The second kappa shape index (κ2) is 39.0. The predicted molar refractivity (Wildman–Crippen MR) is 214 cm³/mol. The zero-order valence-corrected chi connectivity index (χ0v) is 33.2. The van der Waals surface area contributed by atoms with Crippen LogP contribution in [0.3, 0.4) is 0 Å². The van der Waals surface area contributed by atoms with E-state index in [4.69, 9.17) is 0 Å². The molecule has 0 aliphatic carbocycles. The van der Waals surface area contributed by atoms with Gasteiger partial charge in [-0.05, 0) is 51.4 Å². The van der Waals surface area contributed by atoms with E-state index < -0.39 is 36.9 Å². The number of rotatable bonds is 39. The average Bonchev–Trinajstić information content (AvgIpc) is 3.12. The predicted octanol–water partition coefficient (Wildman–Crippen LogP) is 11.2. The van der Waals surface area contributed by atoms with Crippen molar-refractivity contribution in [1.29, 1.82) is 0 Å². The molecule has 0 aliphatic heterocycles. The summed E-state index contributed by atoms with van der Waals surface area (Å²) in [5, 5.41) is 43.6. The fourth-order valence-electron chi connectivity index (χ4n) is 6.66. The standard InChI is InChI=1S/C44H85NO5/c1-3-5-7-9-11-13-15-17-18-19-20-21-22-23-24-26-27-29-31-33-35-37-41(47)43(49)40(39-46)45-44(50)42(48)38-36-34-32-30-28-25-16-14-12-10-8-6-4-2/h23-24,29,31,40-43,46-49H,3-22,25-28,30,32-39H2,1-2H3,(H,45,50)/b24-23+,31-29+. The molecule has 5 N–H and O–H groups in total. The third kappa shape index (κ3) is 32.7. The molecule has 4 atom stereocenters. The van der Waals surface area contributed by atoms with Crippen molar-refractivity contribution in [3.63, 3.8) is 0 Å². The first kappa shape index (κ1) is 48.8. The Hall–Kier alpha value is -1.21. The maximum Gasteiger partial charge on any atom is 0.249 e. The molecule has 0 aromatic heterocycles. The summed E-state index contributed by atoms with van der Waals surface area (Å²) in [7, 11) is 0. The summed E-state index contributed by atoms with van der Waals surface area (Å²) in [6.45, 7) is 4.03. The molecule has 0 radical (unpaired) electrons. The van der Waals surface area contributed by atoms with E-state index in [1.165, 1.54) is 148 Å². The topological polar surface area (TPSA) is 110 Å². The lowest BCUT2D eigenvalue weighted by molar-refractivity contribution is -0.132. The maximum absolute atomic E-state index is 12.5. The monoisotopic (exact) mass is 708 g/mol. The minimum Gasteiger partial charge on any atom is -0.394 e. The molecule has 0 aliphatic rings. The molecule has 0 fully saturated rings. The van der Waals surface area contributed by atoms with Crippen LogP contribution < -0.4 is 5.32 Å². The third-order valence-corrected chi connectivity index (χ3v) is 10.1. The van der Waals surface area contributed by atoms with Gasteiger partial charge in [0.25, 0.3) is 0 Å². The summed E-state index contributed by atoms with van der Waals surface area (Å²) in [6, 6.07) is -1.00. The lowest BCUT2D eigenvalue weighted by Crippen LogP contribution is -2.53. The van der Waals surface area contributed by atoms with Gasteiger partial charge in [0.05, 0.1) is 18.8 Å². The molecule has 0 rings (SSSR count). The largest absolute Gasteiger partial charge is 0.394 e. The van der Waals surface area contributed by atoms with E-state index in [0.29, 0.717) is 19.3 Å². The van der Waals surface area contributed by atoms with Crippen LogP contribution in [0, 0.1) is 0 Å². The molecule has 1 amide bonds. The van der Waals surface area contributed by atoms with E-state index >= 15 is 0 Å². The second-order valence-corrected chi connectivity index (χ2v) is 15.0. The highest BCUT2D eigenvalue weighted by Crippen LogP contribution is 2.15. The Kier molecular flexibility index (Phi) is 38.1. The highest BCUT2D eigenvalue weighted by Gasteiger charge is 2.28. The van der Waals surface area contributed by atoms with Gasteiger partial charge in [-0.25, -0.2) is 0 Å². The van der Waals surface area contributed by atoms with Gasteiger partial charge >= 0.3 is 0 Å². The fourth-order valence-corrected chi connectivity index (χ4v) is 6.66. The van der Waals surface area contributed by atoms with Crippen LogP contribution in [0.15, 0.2) is 24.3 Å². The summed E-state index contributed by atoms with van der Waals surface area (Å²) < 4.78 is 0. The van der Waals surface area contributed by atoms with Gasteiger partial charge in [0, 0.05) is 0 Å². The minimum atomic E-state index is -1.29. The van der Waals surface area contributed by atoms with Crippen molar-refractivity contribution in [3.05, 3.63) is 24.3 Å². The van der Waals surface area contributed by atoms with E-state index in [1.807, 2.05) is 0 Å². The van der Waals surface area contributed by atoms with Crippen LogP contribution in [0.5, 0.6) is 0 Å². The van der Waals surface area contributed by atoms with Gasteiger partial charge in [-0.3, -0.25) is 4.79 Å². The number of amides is 1. The van der Waals surface area contributed by atoms with E-state index in [-0.39, 0.29) is 0 Å². The minimum absolute atomic E-state index is 0.363. The number of aliphatic hydroxyl groups is 4. The highest BCUT2D eigenvalue weighted by atomic mass is 16.3. The van der Waals surface area contributed by atoms with E-state index in [9.17, 15) is 25.2 Å². The van der Waals surface area contributed by atoms with Crippen molar-refractivity contribution < 1.29 is 25.2 Å². The Labute approximate surface area is 310 Å². The zero-order valence-electron chi connectivity index (χ0n) is 33.2. The quantitative estimate of drug-likeness (QED) is 0.0323. The van der Waals surface area contributed by atoms with E-state index in [0.717, 1.165) is 38.5 Å². The van der Waals surface area contributed by atoms with Gasteiger partial charge in [0.15, 0.2) is 0 Å². The Morgan fingerprint density at radius 2 is 0.840 bits per heavy atom. The Morgan fingerprint density at radius 1 is 0.480 bits per heavy atom. The molecule has 0 aromatic rings. The first-order valence-electron chi connectivity index (χ1n) is 21.7. The number of allylic oxidation sites excluding steroid dienone is 4. The van der Waals surface area contributed by atoms with Crippen LogP contribution in [0.4, 0.5) is 0 Å². The molecule has 4 unspecified atom stereocenters. The van der Waals surface area contributed by atoms with Crippen LogP contribution in [0.1, 0.15) is 219 Å². The Balaban J connectivity index is 3.79. The molecule has 0 spiro atoms. The highest BCUT2D eigenvalue weighted by molar-refractivity contribution is 5.80. The second-order valence-electron chi connectivity index (χ2n) is 15.0. The van der Waals surface area contributed by atoms with Gasteiger partial charge < -0.3 is 25.7 Å². The fraction of sp³-hybridized carbons (Fsp3) is 0.886.